The summed E-state index contributed by atoms with van der Waals surface area (Å²) in [6, 6.07) is -0.491. The van der Waals surface area contributed by atoms with Crippen LogP contribution in [0.2, 0.25) is 0 Å². The zero-order chi connectivity index (χ0) is 12.9. The molecule has 100 valence electrons. The first-order chi connectivity index (χ1) is 7.94. The Bertz CT molecular complexity index is 243. The van der Waals surface area contributed by atoms with Crippen molar-refractivity contribution in [3.05, 3.63) is 0 Å². The van der Waals surface area contributed by atoms with Gasteiger partial charge in [0.1, 0.15) is 6.04 Å². The summed E-state index contributed by atoms with van der Waals surface area (Å²) in [4.78, 5) is 10.8. The number of hydrogen-bond acceptors (Lipinski definition) is 3. The van der Waals surface area contributed by atoms with E-state index in [1.165, 1.54) is 12.8 Å². The van der Waals surface area contributed by atoms with Crippen molar-refractivity contribution in [2.45, 2.75) is 58.1 Å². The Kier molecular flexibility index (Phi) is 5.40. The Morgan fingerprint density at radius 3 is 2.53 bits per heavy atom. The molecule has 0 saturated heterocycles. The van der Waals surface area contributed by atoms with E-state index in [1.807, 2.05) is 0 Å². The maximum Gasteiger partial charge on any atom is 0.320 e. The summed E-state index contributed by atoms with van der Waals surface area (Å²) in [6.45, 7) is 5.12. The van der Waals surface area contributed by atoms with Gasteiger partial charge in [0.15, 0.2) is 0 Å². The Morgan fingerprint density at radius 2 is 2.06 bits per heavy atom. The van der Waals surface area contributed by atoms with Gasteiger partial charge in [0.05, 0.1) is 6.10 Å². The normalized spacial score (nSPS) is 22.3. The molecule has 1 atom stereocenters. The minimum Gasteiger partial charge on any atom is -0.480 e. The Balaban J connectivity index is 2.17. The SMILES string of the molecule is CNC(CCOC1CCC(C)(C)CC1)C(=O)O. The summed E-state index contributed by atoms with van der Waals surface area (Å²) in [6.07, 6.45) is 5.47. The Hall–Kier alpha value is -0.610. The maximum atomic E-state index is 10.8. The standard InChI is InChI=1S/C13H25NO3/c1-13(2)7-4-10(5-8-13)17-9-6-11(14-3)12(15)16/h10-11,14H,4-9H2,1-3H3,(H,15,16). The molecule has 1 saturated carbocycles. The van der Waals surface area contributed by atoms with E-state index in [0.717, 1.165) is 12.8 Å². The van der Waals surface area contributed by atoms with Gasteiger partial charge in [-0.15, -0.1) is 0 Å². The van der Waals surface area contributed by atoms with Crippen LogP contribution in [-0.4, -0.2) is 36.9 Å². The van der Waals surface area contributed by atoms with Crippen molar-refractivity contribution < 1.29 is 14.6 Å². The first-order valence-corrected chi connectivity index (χ1v) is 6.46. The molecule has 4 heteroatoms. The predicted octanol–water partition coefficient (Wildman–Crippen LogP) is 2.03. The Morgan fingerprint density at radius 1 is 1.47 bits per heavy atom. The van der Waals surface area contributed by atoms with Crippen molar-refractivity contribution in [2.75, 3.05) is 13.7 Å². The van der Waals surface area contributed by atoms with Crippen LogP contribution in [0.5, 0.6) is 0 Å². The summed E-state index contributed by atoms with van der Waals surface area (Å²) in [5.74, 6) is -0.805. The minimum absolute atomic E-state index is 0.328. The van der Waals surface area contributed by atoms with Crippen LogP contribution in [0.15, 0.2) is 0 Å². The Labute approximate surface area is 104 Å². The third-order valence-electron chi connectivity index (χ3n) is 3.69. The summed E-state index contributed by atoms with van der Waals surface area (Å²) in [5.41, 5.74) is 0.453. The second kappa shape index (κ2) is 6.36. The van der Waals surface area contributed by atoms with Crippen LogP contribution in [0, 0.1) is 5.41 Å². The molecular formula is C13H25NO3. The number of carbonyl (C=O) groups is 1. The van der Waals surface area contributed by atoms with Crippen molar-refractivity contribution >= 4 is 5.97 Å². The van der Waals surface area contributed by atoms with Crippen molar-refractivity contribution in [1.29, 1.82) is 0 Å². The molecule has 17 heavy (non-hydrogen) atoms. The maximum absolute atomic E-state index is 10.8. The molecule has 0 aromatic rings. The average molecular weight is 243 g/mol. The fraction of sp³-hybridized carbons (Fsp3) is 0.923. The molecule has 4 nitrogen and oxygen atoms in total. The summed E-state index contributed by atoms with van der Waals surface area (Å²) < 4.78 is 5.76. The van der Waals surface area contributed by atoms with Gasteiger partial charge in [-0.2, -0.15) is 0 Å². The molecule has 1 fully saturated rings. The van der Waals surface area contributed by atoms with Crippen molar-refractivity contribution in [3.8, 4) is 0 Å². The molecule has 2 N–H and O–H groups in total. The van der Waals surface area contributed by atoms with Gasteiger partial charge < -0.3 is 15.2 Å². The lowest BCUT2D eigenvalue weighted by Gasteiger charge is -2.34. The second-order valence-corrected chi connectivity index (χ2v) is 5.70. The summed E-state index contributed by atoms with van der Waals surface area (Å²) in [5, 5.41) is 11.6. The minimum atomic E-state index is -0.805. The molecule has 0 heterocycles. The molecule has 0 radical (unpaired) electrons. The molecule has 1 unspecified atom stereocenters. The van der Waals surface area contributed by atoms with Gasteiger partial charge in [-0.3, -0.25) is 4.79 Å². The molecule has 1 aliphatic carbocycles. The molecule has 0 bridgehead atoms. The molecule has 0 aromatic heterocycles. The van der Waals surface area contributed by atoms with Gasteiger partial charge in [0.2, 0.25) is 0 Å². The van der Waals surface area contributed by atoms with Crippen LogP contribution in [0.1, 0.15) is 46.0 Å². The van der Waals surface area contributed by atoms with Gasteiger partial charge >= 0.3 is 5.97 Å². The summed E-state index contributed by atoms with van der Waals surface area (Å²) >= 11 is 0. The lowest BCUT2D eigenvalue weighted by Crippen LogP contribution is -2.35. The van der Waals surface area contributed by atoms with Crippen LogP contribution in [0.3, 0.4) is 0 Å². The third kappa shape index (κ3) is 5.04. The van der Waals surface area contributed by atoms with Gasteiger partial charge in [0.25, 0.3) is 0 Å². The number of ether oxygens (including phenoxy) is 1. The number of carboxylic acid groups (broad SMARTS) is 1. The highest BCUT2D eigenvalue weighted by Crippen LogP contribution is 2.36. The van der Waals surface area contributed by atoms with E-state index in [0.29, 0.717) is 24.5 Å². The van der Waals surface area contributed by atoms with Crippen LogP contribution < -0.4 is 5.32 Å². The van der Waals surface area contributed by atoms with Crippen LogP contribution in [0.25, 0.3) is 0 Å². The first-order valence-electron chi connectivity index (χ1n) is 6.46. The highest BCUT2D eigenvalue weighted by Gasteiger charge is 2.27. The molecule has 0 amide bonds. The molecule has 1 rings (SSSR count). The molecule has 0 aromatic carbocycles. The lowest BCUT2D eigenvalue weighted by molar-refractivity contribution is -0.140. The van der Waals surface area contributed by atoms with E-state index >= 15 is 0 Å². The molecule has 0 spiro atoms. The van der Waals surface area contributed by atoms with E-state index in [1.54, 1.807) is 7.05 Å². The zero-order valence-electron chi connectivity index (χ0n) is 11.2. The highest BCUT2D eigenvalue weighted by molar-refractivity contribution is 5.73. The van der Waals surface area contributed by atoms with Gasteiger partial charge in [0, 0.05) is 6.61 Å². The number of likely N-dealkylation sites (N-methyl/N-ethyl adjacent to an activating group) is 1. The van der Waals surface area contributed by atoms with E-state index in [-0.39, 0.29) is 0 Å². The fourth-order valence-corrected chi connectivity index (χ4v) is 2.28. The number of nitrogens with one attached hydrogen (secondary N) is 1. The van der Waals surface area contributed by atoms with E-state index in [4.69, 9.17) is 9.84 Å². The van der Waals surface area contributed by atoms with Crippen molar-refractivity contribution in [2.24, 2.45) is 5.41 Å². The molecular weight excluding hydrogens is 218 g/mol. The largest absolute Gasteiger partial charge is 0.480 e. The van der Waals surface area contributed by atoms with E-state index in [2.05, 4.69) is 19.2 Å². The molecule has 1 aliphatic rings. The first kappa shape index (κ1) is 14.5. The van der Waals surface area contributed by atoms with Crippen molar-refractivity contribution in [1.82, 2.24) is 5.32 Å². The second-order valence-electron chi connectivity index (χ2n) is 5.70. The van der Waals surface area contributed by atoms with Crippen molar-refractivity contribution in [3.63, 3.8) is 0 Å². The summed E-state index contributed by atoms with van der Waals surface area (Å²) in [7, 11) is 1.67. The third-order valence-corrected chi connectivity index (χ3v) is 3.69. The van der Waals surface area contributed by atoms with Gasteiger partial charge in [-0.25, -0.2) is 0 Å². The molecule has 0 aliphatic heterocycles. The van der Waals surface area contributed by atoms with Crippen LogP contribution in [-0.2, 0) is 9.53 Å². The van der Waals surface area contributed by atoms with Crippen LogP contribution >= 0.6 is 0 Å². The van der Waals surface area contributed by atoms with Gasteiger partial charge in [-0.1, -0.05) is 13.8 Å². The topological polar surface area (TPSA) is 58.6 Å². The predicted molar refractivity (Wildman–Crippen MR) is 67.1 cm³/mol. The lowest BCUT2D eigenvalue weighted by atomic mass is 9.76. The monoisotopic (exact) mass is 243 g/mol. The number of hydrogen-bond donors (Lipinski definition) is 2. The average Bonchev–Trinajstić information content (AvgIpc) is 2.26. The fourth-order valence-electron chi connectivity index (χ4n) is 2.28. The smallest absolute Gasteiger partial charge is 0.320 e. The highest BCUT2D eigenvalue weighted by atomic mass is 16.5. The van der Waals surface area contributed by atoms with Gasteiger partial charge in [-0.05, 0) is 44.6 Å². The number of rotatable bonds is 6. The zero-order valence-corrected chi connectivity index (χ0v) is 11.2. The number of carboxylic acids is 1. The quantitative estimate of drug-likeness (QED) is 0.749. The van der Waals surface area contributed by atoms with E-state index < -0.39 is 12.0 Å². The number of aliphatic carboxylic acids is 1. The van der Waals surface area contributed by atoms with E-state index in [9.17, 15) is 4.79 Å². The van der Waals surface area contributed by atoms with Crippen LogP contribution in [0.4, 0.5) is 0 Å².